The third-order valence-electron chi connectivity index (χ3n) is 2.62. The Balaban J connectivity index is 2.31. The molecule has 94 valence electrons. The summed E-state index contributed by atoms with van der Waals surface area (Å²) in [5, 5.41) is 0. The zero-order chi connectivity index (χ0) is 13.1. The van der Waals surface area contributed by atoms with Crippen molar-refractivity contribution < 1.29 is 9.13 Å². The number of anilines is 1. The van der Waals surface area contributed by atoms with Crippen LogP contribution >= 0.6 is 0 Å². The summed E-state index contributed by atoms with van der Waals surface area (Å²) < 4.78 is 19.3. The minimum Gasteiger partial charge on any atom is -0.436 e. The normalized spacial score (nSPS) is 10.4. The van der Waals surface area contributed by atoms with Crippen LogP contribution in [0.5, 0.6) is 11.6 Å². The molecule has 0 amide bonds. The van der Waals surface area contributed by atoms with E-state index in [4.69, 9.17) is 10.5 Å². The number of aryl methyl sites for hydroxylation is 2. The first-order chi connectivity index (χ1) is 8.61. The molecule has 1 heterocycles. The lowest BCUT2D eigenvalue weighted by Gasteiger charge is -2.08. The first-order valence-electron chi connectivity index (χ1n) is 5.65. The Morgan fingerprint density at radius 1 is 1.33 bits per heavy atom. The Labute approximate surface area is 105 Å². The van der Waals surface area contributed by atoms with Crippen LogP contribution in [-0.4, -0.2) is 9.97 Å². The summed E-state index contributed by atoms with van der Waals surface area (Å²) in [5.74, 6) is -0.0816. The van der Waals surface area contributed by atoms with Crippen molar-refractivity contribution in [1.29, 1.82) is 0 Å². The molecule has 0 saturated carbocycles. The molecule has 4 nitrogen and oxygen atoms in total. The Kier molecular flexibility index (Phi) is 3.41. The summed E-state index contributed by atoms with van der Waals surface area (Å²) in [5.41, 5.74) is 7.58. The number of nitrogens with zero attached hydrogens (tertiary/aromatic N) is 2. The topological polar surface area (TPSA) is 61.0 Å². The number of nitrogens with two attached hydrogens (primary N) is 1. The fourth-order valence-corrected chi connectivity index (χ4v) is 1.53. The van der Waals surface area contributed by atoms with Crippen LogP contribution < -0.4 is 10.5 Å². The van der Waals surface area contributed by atoms with E-state index in [9.17, 15) is 4.39 Å². The maximum Gasteiger partial charge on any atom is 0.259 e. The molecule has 0 bridgehead atoms. The van der Waals surface area contributed by atoms with Crippen LogP contribution in [0.3, 0.4) is 0 Å². The van der Waals surface area contributed by atoms with Crippen molar-refractivity contribution in [3.8, 4) is 11.6 Å². The van der Waals surface area contributed by atoms with E-state index < -0.39 is 5.82 Å². The maximum atomic E-state index is 13.9. The van der Waals surface area contributed by atoms with Crippen molar-refractivity contribution in [3.05, 3.63) is 41.6 Å². The van der Waals surface area contributed by atoms with Crippen LogP contribution in [0.4, 0.5) is 10.1 Å². The lowest BCUT2D eigenvalue weighted by molar-refractivity contribution is 0.415. The summed E-state index contributed by atoms with van der Waals surface area (Å²) in [6.07, 6.45) is 1.78. The first-order valence-corrected chi connectivity index (χ1v) is 5.65. The van der Waals surface area contributed by atoms with Gasteiger partial charge in [0.2, 0.25) is 5.82 Å². The molecule has 1 aromatic carbocycles. The standard InChI is InChI=1S/C13H14FN3O/c1-3-11-12(14)13(17-7-16-11)18-9-4-5-10(15)8(2)6-9/h4-7H,3,15H2,1-2H3. The largest absolute Gasteiger partial charge is 0.436 e. The molecule has 0 fully saturated rings. The van der Waals surface area contributed by atoms with Crippen LogP contribution in [0.25, 0.3) is 0 Å². The van der Waals surface area contributed by atoms with Crippen LogP contribution in [0.15, 0.2) is 24.5 Å². The highest BCUT2D eigenvalue weighted by molar-refractivity contribution is 5.50. The van der Waals surface area contributed by atoms with Gasteiger partial charge in [-0.15, -0.1) is 0 Å². The Bertz CT molecular complexity index is 572. The summed E-state index contributed by atoms with van der Waals surface area (Å²) in [6, 6.07) is 5.13. The zero-order valence-corrected chi connectivity index (χ0v) is 10.3. The number of rotatable bonds is 3. The smallest absolute Gasteiger partial charge is 0.259 e. The van der Waals surface area contributed by atoms with Gasteiger partial charge in [-0.05, 0) is 37.1 Å². The van der Waals surface area contributed by atoms with E-state index in [-0.39, 0.29) is 5.88 Å². The van der Waals surface area contributed by atoms with E-state index in [2.05, 4.69) is 9.97 Å². The SMILES string of the molecule is CCc1ncnc(Oc2ccc(N)c(C)c2)c1F. The lowest BCUT2D eigenvalue weighted by atomic mass is 10.2. The van der Waals surface area contributed by atoms with Gasteiger partial charge >= 0.3 is 0 Å². The van der Waals surface area contributed by atoms with Gasteiger partial charge in [0.05, 0.1) is 5.69 Å². The minimum atomic E-state index is -0.519. The third kappa shape index (κ3) is 2.40. The molecule has 5 heteroatoms. The molecule has 0 spiro atoms. The van der Waals surface area contributed by atoms with Gasteiger partial charge in [0.15, 0.2) is 0 Å². The first kappa shape index (κ1) is 12.3. The third-order valence-corrected chi connectivity index (χ3v) is 2.62. The highest BCUT2D eigenvalue weighted by atomic mass is 19.1. The molecular formula is C13H14FN3O. The summed E-state index contributed by atoms with van der Waals surface area (Å²) in [7, 11) is 0. The van der Waals surface area contributed by atoms with Gasteiger partial charge in [0.25, 0.3) is 5.88 Å². The highest BCUT2D eigenvalue weighted by Crippen LogP contribution is 2.25. The molecule has 0 atom stereocenters. The summed E-state index contributed by atoms with van der Waals surface area (Å²) >= 11 is 0. The molecule has 0 aliphatic carbocycles. The Hall–Kier alpha value is -2.17. The maximum absolute atomic E-state index is 13.9. The molecule has 0 aliphatic heterocycles. The van der Waals surface area contributed by atoms with Gasteiger partial charge in [0, 0.05) is 5.69 Å². The molecule has 0 aliphatic rings. The predicted octanol–water partition coefficient (Wildman–Crippen LogP) is 2.86. The second-order valence-electron chi connectivity index (χ2n) is 3.91. The van der Waals surface area contributed by atoms with E-state index in [1.807, 2.05) is 13.8 Å². The molecule has 0 unspecified atom stereocenters. The molecular weight excluding hydrogens is 233 g/mol. The molecule has 2 aromatic rings. The second kappa shape index (κ2) is 5.00. The van der Waals surface area contributed by atoms with Crippen molar-refractivity contribution >= 4 is 5.69 Å². The monoisotopic (exact) mass is 247 g/mol. The Morgan fingerprint density at radius 3 is 2.78 bits per heavy atom. The van der Waals surface area contributed by atoms with E-state index in [0.717, 1.165) is 5.56 Å². The Morgan fingerprint density at radius 2 is 2.11 bits per heavy atom. The molecule has 0 saturated heterocycles. The number of benzene rings is 1. The molecule has 1 aromatic heterocycles. The van der Waals surface area contributed by atoms with E-state index in [1.165, 1.54) is 6.33 Å². The zero-order valence-electron chi connectivity index (χ0n) is 10.3. The fourth-order valence-electron chi connectivity index (χ4n) is 1.53. The molecule has 18 heavy (non-hydrogen) atoms. The summed E-state index contributed by atoms with van der Waals surface area (Å²) in [6.45, 7) is 3.68. The van der Waals surface area contributed by atoms with E-state index in [0.29, 0.717) is 23.6 Å². The second-order valence-corrected chi connectivity index (χ2v) is 3.91. The number of aromatic nitrogens is 2. The van der Waals surface area contributed by atoms with Gasteiger partial charge in [-0.25, -0.2) is 4.98 Å². The predicted molar refractivity (Wildman–Crippen MR) is 67.0 cm³/mol. The number of ether oxygens (including phenoxy) is 1. The van der Waals surface area contributed by atoms with Gasteiger partial charge in [0.1, 0.15) is 12.1 Å². The van der Waals surface area contributed by atoms with Gasteiger partial charge in [-0.1, -0.05) is 6.92 Å². The van der Waals surface area contributed by atoms with Crippen LogP contribution in [-0.2, 0) is 6.42 Å². The number of hydrogen-bond acceptors (Lipinski definition) is 4. The van der Waals surface area contributed by atoms with E-state index >= 15 is 0 Å². The fraction of sp³-hybridized carbons (Fsp3) is 0.231. The summed E-state index contributed by atoms with van der Waals surface area (Å²) in [4.78, 5) is 7.64. The number of nitrogen functional groups attached to an aromatic ring is 1. The van der Waals surface area contributed by atoms with Crippen molar-refractivity contribution in [1.82, 2.24) is 9.97 Å². The van der Waals surface area contributed by atoms with Crippen molar-refractivity contribution in [3.63, 3.8) is 0 Å². The van der Waals surface area contributed by atoms with Gasteiger partial charge < -0.3 is 10.5 Å². The molecule has 0 radical (unpaired) electrons. The van der Waals surface area contributed by atoms with Crippen LogP contribution in [0.1, 0.15) is 18.2 Å². The van der Waals surface area contributed by atoms with Gasteiger partial charge in [-0.3, -0.25) is 0 Å². The average molecular weight is 247 g/mol. The van der Waals surface area contributed by atoms with Crippen molar-refractivity contribution in [2.45, 2.75) is 20.3 Å². The van der Waals surface area contributed by atoms with Gasteiger partial charge in [-0.2, -0.15) is 9.37 Å². The van der Waals surface area contributed by atoms with E-state index in [1.54, 1.807) is 18.2 Å². The van der Waals surface area contributed by atoms with Crippen molar-refractivity contribution in [2.75, 3.05) is 5.73 Å². The van der Waals surface area contributed by atoms with Crippen LogP contribution in [0.2, 0.25) is 0 Å². The quantitative estimate of drug-likeness (QED) is 0.847. The number of halogens is 1. The average Bonchev–Trinajstić information content (AvgIpc) is 2.36. The minimum absolute atomic E-state index is 0.0639. The molecule has 2 rings (SSSR count). The highest BCUT2D eigenvalue weighted by Gasteiger charge is 2.12. The van der Waals surface area contributed by atoms with Crippen molar-refractivity contribution in [2.24, 2.45) is 0 Å². The number of hydrogen-bond donors (Lipinski definition) is 1. The lowest BCUT2D eigenvalue weighted by Crippen LogP contribution is -2.00. The van der Waals surface area contributed by atoms with Crippen LogP contribution in [0, 0.1) is 12.7 Å². The molecule has 2 N–H and O–H groups in total.